The van der Waals surface area contributed by atoms with Crippen molar-refractivity contribution in [3.63, 3.8) is 0 Å². The van der Waals surface area contributed by atoms with Crippen LogP contribution in [-0.4, -0.2) is 65.2 Å². The summed E-state index contributed by atoms with van der Waals surface area (Å²) in [6.45, 7) is 9.88. The van der Waals surface area contributed by atoms with Crippen LogP contribution in [0.4, 0.5) is 4.79 Å². The second-order valence-corrected chi connectivity index (χ2v) is 9.39. The van der Waals surface area contributed by atoms with Gasteiger partial charge in [-0.2, -0.15) is 0 Å². The van der Waals surface area contributed by atoms with Crippen LogP contribution in [0.15, 0.2) is 28.9 Å². The highest BCUT2D eigenvalue weighted by Crippen LogP contribution is 2.45. The molecule has 2 heterocycles. The van der Waals surface area contributed by atoms with E-state index in [-0.39, 0.29) is 30.1 Å². The fraction of sp³-hybridized carbons (Fsp3) is 0.500. The maximum atomic E-state index is 13.1. The molecule has 6 nitrogen and oxygen atoms in total. The maximum Gasteiger partial charge on any atom is 0.419 e. The van der Waals surface area contributed by atoms with Crippen LogP contribution in [0.5, 0.6) is 0 Å². The van der Waals surface area contributed by atoms with Crippen LogP contribution in [-0.2, 0) is 16.0 Å². The third-order valence-electron chi connectivity index (χ3n) is 6.41. The van der Waals surface area contributed by atoms with Gasteiger partial charge in [0, 0.05) is 31.1 Å². The van der Waals surface area contributed by atoms with Crippen LogP contribution in [0.3, 0.4) is 0 Å². The highest BCUT2D eigenvalue weighted by molar-refractivity contribution is 9.10. The van der Waals surface area contributed by atoms with Crippen molar-refractivity contribution in [2.45, 2.75) is 46.3 Å². The van der Waals surface area contributed by atoms with Gasteiger partial charge in [0.1, 0.15) is 0 Å². The summed E-state index contributed by atoms with van der Waals surface area (Å²) in [7, 11) is 2.09. The molecule has 166 valence electrons. The summed E-state index contributed by atoms with van der Waals surface area (Å²) in [5.41, 5.74) is 4.24. The molecule has 0 fully saturated rings. The second-order valence-electron chi connectivity index (χ2n) is 8.64. The van der Waals surface area contributed by atoms with Gasteiger partial charge in [-0.1, -0.05) is 18.2 Å². The number of ether oxygens (including phenoxy) is 1. The van der Waals surface area contributed by atoms with Crippen molar-refractivity contribution >= 4 is 44.4 Å². The minimum Gasteiger partial charge on any atom is -0.446 e. The fourth-order valence-corrected chi connectivity index (χ4v) is 5.65. The number of halogens is 1. The maximum absolute atomic E-state index is 13.1. The van der Waals surface area contributed by atoms with Gasteiger partial charge < -0.3 is 9.64 Å². The summed E-state index contributed by atoms with van der Waals surface area (Å²) in [4.78, 5) is 30.1. The van der Waals surface area contributed by atoms with Gasteiger partial charge in [-0.15, -0.1) is 0 Å². The van der Waals surface area contributed by atoms with Crippen molar-refractivity contribution in [3.8, 4) is 0 Å². The van der Waals surface area contributed by atoms with Gasteiger partial charge in [-0.25, -0.2) is 9.36 Å². The van der Waals surface area contributed by atoms with Crippen molar-refractivity contribution in [2.75, 3.05) is 26.7 Å². The van der Waals surface area contributed by atoms with Crippen LogP contribution in [0.1, 0.15) is 38.8 Å². The van der Waals surface area contributed by atoms with Crippen molar-refractivity contribution in [1.82, 2.24) is 14.4 Å². The number of carbonyl (C=O) groups excluding carboxylic acids is 2. The van der Waals surface area contributed by atoms with E-state index in [1.807, 2.05) is 44.7 Å². The van der Waals surface area contributed by atoms with E-state index >= 15 is 0 Å². The number of aromatic nitrogens is 1. The Hall–Kier alpha value is -2.12. The van der Waals surface area contributed by atoms with E-state index in [9.17, 15) is 9.59 Å². The van der Waals surface area contributed by atoms with E-state index < -0.39 is 0 Å². The number of likely N-dealkylation sites (N-methyl/N-ethyl adjacent to an activating group) is 1. The molecule has 0 saturated carbocycles. The SMILES string of the molecule is CCN(CC)C(=O)[C@@H]1C=C2c3cccc4c3c(c(Br)n4C(=O)OC(C)C)C[C@H]2N(C)C1. The summed E-state index contributed by atoms with van der Waals surface area (Å²) in [6, 6.07) is 6.21. The van der Waals surface area contributed by atoms with Gasteiger partial charge >= 0.3 is 6.09 Å². The number of amides is 1. The molecule has 1 amide bonds. The molecule has 2 aliphatic rings. The molecule has 1 aromatic carbocycles. The zero-order valence-electron chi connectivity index (χ0n) is 18.8. The molecule has 2 atom stereocenters. The highest BCUT2D eigenvalue weighted by atomic mass is 79.9. The molecule has 7 heteroatoms. The zero-order valence-corrected chi connectivity index (χ0v) is 20.4. The molecule has 0 radical (unpaired) electrons. The monoisotopic (exact) mass is 487 g/mol. The molecule has 2 aromatic rings. The van der Waals surface area contributed by atoms with Crippen LogP contribution in [0.2, 0.25) is 0 Å². The number of nitrogens with zero attached hydrogens (tertiary/aromatic N) is 3. The predicted molar refractivity (Wildman–Crippen MR) is 126 cm³/mol. The van der Waals surface area contributed by atoms with Crippen molar-refractivity contribution in [3.05, 3.63) is 40.0 Å². The molecule has 0 N–H and O–H groups in total. The summed E-state index contributed by atoms with van der Waals surface area (Å²) in [6.07, 6.45) is 2.37. The molecule has 0 spiro atoms. The lowest BCUT2D eigenvalue weighted by Gasteiger charge is -2.40. The number of rotatable bonds is 4. The van der Waals surface area contributed by atoms with Gasteiger partial charge in [0.2, 0.25) is 5.91 Å². The topological polar surface area (TPSA) is 54.8 Å². The van der Waals surface area contributed by atoms with E-state index in [0.29, 0.717) is 6.54 Å². The molecule has 1 aromatic heterocycles. The van der Waals surface area contributed by atoms with Crippen LogP contribution in [0, 0.1) is 5.92 Å². The normalized spacial score (nSPS) is 20.5. The minimum atomic E-state index is -0.378. The first-order valence-corrected chi connectivity index (χ1v) is 11.8. The molecule has 1 aliphatic heterocycles. The van der Waals surface area contributed by atoms with Crippen LogP contribution >= 0.6 is 15.9 Å². The Morgan fingerprint density at radius 2 is 1.97 bits per heavy atom. The smallest absolute Gasteiger partial charge is 0.419 e. The van der Waals surface area contributed by atoms with Gasteiger partial charge in [0.05, 0.1) is 22.1 Å². The first kappa shape index (κ1) is 22.1. The molecule has 1 aliphatic carbocycles. The summed E-state index contributed by atoms with van der Waals surface area (Å²) >= 11 is 3.69. The zero-order chi connectivity index (χ0) is 22.4. The number of benzene rings is 1. The van der Waals surface area contributed by atoms with E-state index in [2.05, 4.69) is 40.0 Å². The number of carbonyl (C=O) groups is 2. The van der Waals surface area contributed by atoms with Crippen molar-refractivity contribution < 1.29 is 14.3 Å². The fourth-order valence-electron chi connectivity index (χ4n) is 4.95. The lowest BCUT2D eigenvalue weighted by Crippen LogP contribution is -2.47. The van der Waals surface area contributed by atoms with Gasteiger partial charge in [0.15, 0.2) is 0 Å². The quantitative estimate of drug-likeness (QED) is 0.635. The Labute approximate surface area is 191 Å². The van der Waals surface area contributed by atoms with E-state index in [1.54, 1.807) is 4.57 Å². The average Bonchev–Trinajstić information content (AvgIpc) is 3.01. The number of hydrogen-bond acceptors (Lipinski definition) is 4. The van der Waals surface area contributed by atoms with Crippen molar-refractivity contribution in [2.24, 2.45) is 5.92 Å². The predicted octanol–water partition coefficient (Wildman–Crippen LogP) is 4.54. The molecule has 4 rings (SSSR count). The Morgan fingerprint density at radius 3 is 2.61 bits per heavy atom. The van der Waals surface area contributed by atoms with Crippen molar-refractivity contribution in [1.29, 1.82) is 0 Å². The van der Waals surface area contributed by atoms with E-state index in [0.717, 1.165) is 46.1 Å². The molecule has 0 unspecified atom stereocenters. The standard InChI is InChI=1S/C24H30BrN3O3/c1-6-27(7-2)23(29)15-11-17-16-9-8-10-19-21(16)18(12-20(17)26(5)13-15)22(25)28(19)24(30)31-14(3)4/h8-11,14-15,20H,6-7,12-13H2,1-5H3/t15-,20-/m1/s1. The molecular weight excluding hydrogens is 458 g/mol. The van der Waals surface area contributed by atoms with Crippen LogP contribution < -0.4 is 0 Å². The Morgan fingerprint density at radius 1 is 1.26 bits per heavy atom. The second kappa shape index (κ2) is 8.43. The van der Waals surface area contributed by atoms with Gasteiger partial charge in [-0.05, 0) is 79.9 Å². The lowest BCUT2D eigenvalue weighted by atomic mass is 9.79. The van der Waals surface area contributed by atoms with Gasteiger partial charge in [0.25, 0.3) is 0 Å². The molecule has 31 heavy (non-hydrogen) atoms. The third kappa shape index (κ3) is 3.61. The number of hydrogen-bond donors (Lipinski definition) is 0. The van der Waals surface area contributed by atoms with Gasteiger partial charge in [-0.3, -0.25) is 9.69 Å². The van der Waals surface area contributed by atoms with Crippen LogP contribution in [0.25, 0.3) is 16.5 Å². The molecule has 0 saturated heterocycles. The van der Waals surface area contributed by atoms with E-state index in [1.165, 1.54) is 5.57 Å². The largest absolute Gasteiger partial charge is 0.446 e. The summed E-state index contributed by atoms with van der Waals surface area (Å²) in [5, 5.41) is 1.07. The Balaban J connectivity index is 1.85. The Kier molecular flexibility index (Phi) is 6.01. The first-order valence-electron chi connectivity index (χ1n) is 11.0. The first-order chi connectivity index (χ1) is 14.8. The van der Waals surface area contributed by atoms with E-state index in [4.69, 9.17) is 4.74 Å². The average molecular weight is 488 g/mol. The minimum absolute atomic E-state index is 0.163. The third-order valence-corrected chi connectivity index (χ3v) is 7.24. The molecular formula is C24H30BrN3O3. The summed E-state index contributed by atoms with van der Waals surface area (Å²) < 4.78 is 7.89. The Bertz CT molecular complexity index is 1070. The lowest BCUT2D eigenvalue weighted by molar-refractivity contribution is -0.134. The molecule has 0 bridgehead atoms. The summed E-state index contributed by atoms with van der Waals surface area (Å²) in [5.74, 6) is 0.0180. The number of fused-ring (bicyclic) bond motifs is 2. The highest BCUT2D eigenvalue weighted by Gasteiger charge is 2.38.